The largest absolute Gasteiger partial charge is 0.347 e. The third-order valence-electron chi connectivity index (χ3n) is 5.81. The molecule has 2 saturated heterocycles. The van der Waals surface area contributed by atoms with E-state index in [1.54, 1.807) is 6.20 Å². The highest BCUT2D eigenvalue weighted by Crippen LogP contribution is 2.32. The summed E-state index contributed by atoms with van der Waals surface area (Å²) in [5, 5.41) is 3.88. The van der Waals surface area contributed by atoms with Crippen molar-refractivity contribution in [2.75, 3.05) is 31.6 Å². The highest BCUT2D eigenvalue weighted by Gasteiger charge is 2.40. The minimum atomic E-state index is -0.481. The Labute approximate surface area is 191 Å². The number of piperidine rings is 1. The highest BCUT2D eigenvalue weighted by atomic mass is 35.5. The summed E-state index contributed by atoms with van der Waals surface area (Å²) in [7, 11) is 0. The topological polar surface area (TPSA) is 76.6 Å². The number of carbonyl (C=O) groups excluding carboxylic acids is 1. The number of rotatable bonds is 4. The number of nitrogens with one attached hydrogen (secondary N) is 1. The van der Waals surface area contributed by atoms with Gasteiger partial charge in [-0.25, -0.2) is 9.97 Å². The van der Waals surface area contributed by atoms with Gasteiger partial charge < -0.3 is 19.7 Å². The van der Waals surface area contributed by atoms with Crippen LogP contribution in [0.5, 0.6) is 0 Å². The Kier molecular flexibility index (Phi) is 5.78. The Morgan fingerprint density at radius 3 is 2.34 bits per heavy atom. The van der Waals surface area contributed by atoms with E-state index in [1.165, 1.54) is 0 Å². The zero-order valence-corrected chi connectivity index (χ0v) is 18.2. The summed E-state index contributed by atoms with van der Waals surface area (Å²) < 4.78 is 11.5. The van der Waals surface area contributed by atoms with Gasteiger partial charge in [0.05, 0.1) is 18.9 Å². The molecule has 0 bridgehead atoms. The van der Waals surface area contributed by atoms with Crippen molar-refractivity contribution >= 4 is 29.1 Å². The third kappa shape index (κ3) is 4.46. The molecular formula is C24H23ClN4O3. The van der Waals surface area contributed by atoms with Crippen LogP contribution in [0.4, 0.5) is 11.6 Å². The fourth-order valence-electron chi connectivity index (χ4n) is 4.04. The van der Waals surface area contributed by atoms with Crippen molar-refractivity contribution in [3.8, 4) is 11.3 Å². The number of benzene rings is 2. The summed E-state index contributed by atoms with van der Waals surface area (Å²) in [4.78, 5) is 23.6. The van der Waals surface area contributed by atoms with Crippen molar-refractivity contribution in [1.29, 1.82) is 0 Å². The van der Waals surface area contributed by atoms with Gasteiger partial charge in [-0.15, -0.1) is 0 Å². The van der Waals surface area contributed by atoms with Crippen molar-refractivity contribution in [3.05, 3.63) is 71.4 Å². The lowest BCUT2D eigenvalue weighted by molar-refractivity contribution is -0.181. The van der Waals surface area contributed by atoms with Crippen molar-refractivity contribution in [2.24, 2.45) is 0 Å². The lowest BCUT2D eigenvalue weighted by Gasteiger charge is -2.37. The lowest BCUT2D eigenvalue weighted by Crippen LogP contribution is -2.47. The number of nitrogens with zero attached hydrogens (tertiary/aromatic N) is 3. The molecule has 2 aliphatic heterocycles. The first-order valence-corrected chi connectivity index (χ1v) is 11.0. The Morgan fingerprint density at radius 1 is 0.969 bits per heavy atom. The fraction of sp³-hybridized carbons (Fsp3) is 0.292. The minimum absolute atomic E-state index is 0.0189. The molecule has 3 heterocycles. The van der Waals surface area contributed by atoms with Gasteiger partial charge in [0.15, 0.2) is 5.79 Å². The molecule has 2 aromatic carbocycles. The van der Waals surface area contributed by atoms with E-state index in [1.807, 2.05) is 59.5 Å². The van der Waals surface area contributed by atoms with Crippen molar-refractivity contribution in [2.45, 2.75) is 18.6 Å². The number of amides is 1. The SMILES string of the molecule is O=C(c1ccc(Nc2nccc(-c3ccc(Cl)cc3)n2)cc1)N1CCC2(CC1)OCCO2. The smallest absolute Gasteiger partial charge is 0.253 e. The summed E-state index contributed by atoms with van der Waals surface area (Å²) >= 11 is 5.97. The number of likely N-dealkylation sites (tertiary alicyclic amines) is 1. The van der Waals surface area contributed by atoms with Gasteiger partial charge in [0.2, 0.25) is 5.95 Å². The molecule has 1 amide bonds. The van der Waals surface area contributed by atoms with Crippen LogP contribution < -0.4 is 5.32 Å². The molecule has 5 rings (SSSR count). The van der Waals surface area contributed by atoms with Gasteiger partial charge >= 0.3 is 0 Å². The molecule has 1 spiro atoms. The normalized spacial score (nSPS) is 17.5. The monoisotopic (exact) mass is 450 g/mol. The van der Waals surface area contributed by atoms with Crippen LogP contribution in [-0.4, -0.2) is 52.9 Å². The predicted octanol–water partition coefficient (Wildman–Crippen LogP) is 4.52. The fourth-order valence-corrected chi connectivity index (χ4v) is 4.17. The number of aromatic nitrogens is 2. The van der Waals surface area contributed by atoms with E-state index in [2.05, 4.69) is 15.3 Å². The maximum absolute atomic E-state index is 12.9. The number of hydrogen-bond donors (Lipinski definition) is 1. The van der Waals surface area contributed by atoms with Crippen LogP contribution in [0.25, 0.3) is 11.3 Å². The van der Waals surface area contributed by atoms with Crippen LogP contribution in [0.1, 0.15) is 23.2 Å². The number of hydrogen-bond acceptors (Lipinski definition) is 6. The molecular weight excluding hydrogens is 428 g/mol. The van der Waals surface area contributed by atoms with E-state index in [-0.39, 0.29) is 5.91 Å². The second-order valence-electron chi connectivity index (χ2n) is 7.87. The molecule has 0 atom stereocenters. The van der Waals surface area contributed by atoms with Crippen molar-refractivity contribution < 1.29 is 14.3 Å². The van der Waals surface area contributed by atoms with Crippen molar-refractivity contribution in [3.63, 3.8) is 0 Å². The Bertz CT molecular complexity index is 1090. The van der Waals surface area contributed by atoms with Gasteiger partial charge in [-0.3, -0.25) is 4.79 Å². The molecule has 164 valence electrons. The summed E-state index contributed by atoms with van der Waals surface area (Å²) in [5.41, 5.74) is 3.21. The van der Waals surface area contributed by atoms with E-state index in [9.17, 15) is 4.79 Å². The molecule has 0 unspecified atom stereocenters. The van der Waals surface area contributed by atoms with E-state index in [0.717, 1.165) is 16.9 Å². The van der Waals surface area contributed by atoms with E-state index >= 15 is 0 Å². The first-order chi connectivity index (χ1) is 15.6. The first kappa shape index (κ1) is 20.9. The maximum atomic E-state index is 12.9. The Balaban J connectivity index is 1.23. The Hall–Kier alpha value is -3.00. The van der Waals surface area contributed by atoms with Gasteiger partial charge in [-0.05, 0) is 42.5 Å². The predicted molar refractivity (Wildman–Crippen MR) is 122 cm³/mol. The van der Waals surface area contributed by atoms with E-state index in [0.29, 0.717) is 55.7 Å². The van der Waals surface area contributed by atoms with Crippen LogP contribution in [0.3, 0.4) is 0 Å². The molecule has 8 heteroatoms. The molecule has 2 fully saturated rings. The quantitative estimate of drug-likeness (QED) is 0.629. The summed E-state index contributed by atoms with van der Waals surface area (Å²) in [6, 6.07) is 16.7. The number of carbonyl (C=O) groups is 1. The molecule has 0 aliphatic carbocycles. The molecule has 0 radical (unpaired) electrons. The molecule has 0 saturated carbocycles. The van der Waals surface area contributed by atoms with Gasteiger partial charge in [-0.2, -0.15) is 0 Å². The van der Waals surface area contributed by atoms with Crippen LogP contribution in [0, 0.1) is 0 Å². The third-order valence-corrected chi connectivity index (χ3v) is 6.06. The van der Waals surface area contributed by atoms with Crippen LogP contribution in [0.15, 0.2) is 60.8 Å². The zero-order chi connectivity index (χ0) is 22.0. The van der Waals surface area contributed by atoms with Crippen LogP contribution >= 0.6 is 11.6 Å². The number of ether oxygens (including phenoxy) is 2. The lowest BCUT2D eigenvalue weighted by atomic mass is 10.0. The van der Waals surface area contributed by atoms with Gasteiger partial charge in [0.1, 0.15) is 0 Å². The minimum Gasteiger partial charge on any atom is -0.347 e. The average molecular weight is 451 g/mol. The van der Waals surface area contributed by atoms with Gasteiger partial charge in [0.25, 0.3) is 5.91 Å². The molecule has 1 N–H and O–H groups in total. The molecule has 32 heavy (non-hydrogen) atoms. The standard InChI is InChI=1S/C24H23ClN4O3/c25-19-5-1-17(2-6-19)21-9-12-26-23(28-21)27-20-7-3-18(4-8-20)22(30)29-13-10-24(11-14-29)31-15-16-32-24/h1-9,12H,10-11,13-16H2,(H,26,27,28). The summed E-state index contributed by atoms with van der Waals surface area (Å²) in [6.07, 6.45) is 3.12. The Morgan fingerprint density at radius 2 is 1.66 bits per heavy atom. The van der Waals surface area contributed by atoms with Crippen LogP contribution in [-0.2, 0) is 9.47 Å². The van der Waals surface area contributed by atoms with Gasteiger partial charge in [-0.1, -0.05) is 23.7 Å². The maximum Gasteiger partial charge on any atom is 0.253 e. The molecule has 7 nitrogen and oxygen atoms in total. The molecule has 2 aliphatic rings. The average Bonchev–Trinajstić information content (AvgIpc) is 3.28. The summed E-state index contributed by atoms with van der Waals surface area (Å²) in [6.45, 7) is 2.53. The first-order valence-electron chi connectivity index (χ1n) is 10.6. The number of halogens is 1. The number of anilines is 2. The summed E-state index contributed by atoms with van der Waals surface area (Å²) in [5.74, 6) is 0.0188. The van der Waals surface area contributed by atoms with Crippen molar-refractivity contribution in [1.82, 2.24) is 14.9 Å². The highest BCUT2D eigenvalue weighted by molar-refractivity contribution is 6.30. The van der Waals surface area contributed by atoms with Crippen LogP contribution in [0.2, 0.25) is 5.02 Å². The van der Waals surface area contributed by atoms with Gasteiger partial charge in [0, 0.05) is 54.0 Å². The van der Waals surface area contributed by atoms with E-state index < -0.39 is 5.79 Å². The van der Waals surface area contributed by atoms with E-state index in [4.69, 9.17) is 21.1 Å². The molecule has 3 aromatic rings. The second kappa shape index (κ2) is 8.86. The molecule has 1 aromatic heterocycles. The second-order valence-corrected chi connectivity index (χ2v) is 8.31. The zero-order valence-electron chi connectivity index (χ0n) is 17.5.